The Morgan fingerprint density at radius 3 is 2.64 bits per heavy atom. The molecule has 0 fully saturated rings. The van der Waals surface area contributed by atoms with Gasteiger partial charge in [-0.25, -0.2) is 4.79 Å². The molecule has 0 saturated carbocycles. The summed E-state index contributed by atoms with van der Waals surface area (Å²) in [5, 5.41) is 8.61. The molecule has 0 rings (SSSR count). The van der Waals surface area contributed by atoms with Gasteiger partial charge in [0.1, 0.15) is 0 Å². The molecule has 5 heteroatoms. The molecule has 1 unspecified atom stereocenters. The summed E-state index contributed by atoms with van der Waals surface area (Å²) >= 11 is 0. The van der Waals surface area contributed by atoms with Crippen LogP contribution in [0.25, 0.3) is 0 Å². The van der Waals surface area contributed by atoms with E-state index in [1.54, 1.807) is 6.92 Å². The topological polar surface area (TPSA) is 102 Å². The number of amidine groups is 1. The Kier molecular flexibility index (Phi) is 4.67. The van der Waals surface area contributed by atoms with Crippen molar-refractivity contribution < 1.29 is 9.90 Å². The van der Waals surface area contributed by atoms with Gasteiger partial charge in [0.15, 0.2) is 5.54 Å². The number of carbonyl (C=O) groups is 1. The van der Waals surface area contributed by atoms with Crippen LogP contribution in [0.15, 0.2) is 4.99 Å². The zero-order valence-corrected chi connectivity index (χ0v) is 8.37. The Morgan fingerprint density at radius 1 is 1.64 bits per heavy atom. The van der Waals surface area contributed by atoms with Crippen LogP contribution in [0, 0.1) is 11.8 Å². The summed E-state index contributed by atoms with van der Waals surface area (Å²) in [6.07, 6.45) is 0.453. The van der Waals surface area contributed by atoms with E-state index < -0.39 is 11.5 Å². The van der Waals surface area contributed by atoms with Crippen molar-refractivity contribution in [3.05, 3.63) is 0 Å². The number of carboxylic acids is 1. The summed E-state index contributed by atoms with van der Waals surface area (Å²) in [4.78, 5) is 14.4. The van der Waals surface area contributed by atoms with Gasteiger partial charge in [-0.1, -0.05) is 11.8 Å². The van der Waals surface area contributed by atoms with E-state index in [-0.39, 0.29) is 0 Å². The van der Waals surface area contributed by atoms with Gasteiger partial charge < -0.3 is 16.6 Å². The quantitative estimate of drug-likeness (QED) is 0.247. The van der Waals surface area contributed by atoms with Crippen LogP contribution in [0.5, 0.6) is 0 Å². The van der Waals surface area contributed by atoms with Crippen LogP contribution in [-0.4, -0.2) is 29.0 Å². The third kappa shape index (κ3) is 5.17. The van der Waals surface area contributed by atoms with Gasteiger partial charge in [0.25, 0.3) is 0 Å². The lowest BCUT2D eigenvalue weighted by Gasteiger charge is -2.09. The molecule has 78 valence electrons. The van der Waals surface area contributed by atoms with Gasteiger partial charge in [-0.3, -0.25) is 4.99 Å². The van der Waals surface area contributed by atoms with Crippen molar-refractivity contribution in [3.8, 4) is 11.8 Å². The van der Waals surface area contributed by atoms with E-state index in [0.29, 0.717) is 18.8 Å². The number of carboxylic acid groups (broad SMARTS) is 1. The second kappa shape index (κ2) is 5.25. The summed E-state index contributed by atoms with van der Waals surface area (Å²) in [7, 11) is 0. The highest BCUT2D eigenvalue weighted by molar-refractivity contribution is 5.82. The Bertz CT molecular complexity index is 293. The summed E-state index contributed by atoms with van der Waals surface area (Å²) in [5.41, 5.74) is 9.17. The van der Waals surface area contributed by atoms with Crippen molar-refractivity contribution in [1.82, 2.24) is 0 Å². The molecule has 0 amide bonds. The fourth-order valence-corrected chi connectivity index (χ4v) is 0.588. The first-order chi connectivity index (χ1) is 6.36. The minimum Gasteiger partial charge on any atom is -0.479 e. The second-order valence-electron chi connectivity index (χ2n) is 3.08. The molecule has 0 heterocycles. The van der Waals surface area contributed by atoms with Crippen LogP contribution in [0.2, 0.25) is 0 Å². The van der Waals surface area contributed by atoms with Crippen molar-refractivity contribution in [1.29, 1.82) is 0 Å². The third-order valence-corrected chi connectivity index (χ3v) is 1.39. The summed E-state index contributed by atoms with van der Waals surface area (Å²) < 4.78 is 0. The Balaban J connectivity index is 4.07. The molecule has 5 N–H and O–H groups in total. The monoisotopic (exact) mass is 197 g/mol. The molecule has 0 aromatic rings. The average molecular weight is 197 g/mol. The first-order valence-electron chi connectivity index (χ1n) is 4.15. The summed E-state index contributed by atoms with van der Waals surface area (Å²) in [6.45, 7) is 3.49. The second-order valence-corrected chi connectivity index (χ2v) is 3.08. The maximum Gasteiger partial charge on any atom is 0.335 e. The van der Waals surface area contributed by atoms with Crippen LogP contribution >= 0.6 is 0 Å². The lowest BCUT2D eigenvalue weighted by Crippen LogP contribution is -2.43. The molecule has 0 radical (unpaired) electrons. The van der Waals surface area contributed by atoms with Gasteiger partial charge >= 0.3 is 5.97 Å². The van der Waals surface area contributed by atoms with Gasteiger partial charge in [0.05, 0.1) is 12.4 Å². The number of aliphatic carboxylic acids is 1. The number of rotatable bonds is 3. The number of hydrogen-bond acceptors (Lipinski definition) is 3. The van der Waals surface area contributed by atoms with Crippen molar-refractivity contribution in [2.75, 3.05) is 6.54 Å². The highest BCUT2D eigenvalue weighted by Crippen LogP contribution is 1.95. The van der Waals surface area contributed by atoms with E-state index in [4.69, 9.17) is 16.6 Å². The molecule has 5 nitrogen and oxygen atoms in total. The van der Waals surface area contributed by atoms with Crippen molar-refractivity contribution in [2.45, 2.75) is 25.8 Å². The highest BCUT2D eigenvalue weighted by atomic mass is 16.4. The number of nitrogens with two attached hydrogens (primary N) is 2. The molecule has 14 heavy (non-hydrogen) atoms. The van der Waals surface area contributed by atoms with Crippen molar-refractivity contribution in [3.63, 3.8) is 0 Å². The van der Waals surface area contributed by atoms with E-state index in [2.05, 4.69) is 16.8 Å². The van der Waals surface area contributed by atoms with Crippen molar-refractivity contribution in [2.24, 2.45) is 16.5 Å². The highest BCUT2D eigenvalue weighted by Gasteiger charge is 2.24. The molecular formula is C9H15N3O2. The molecule has 0 aliphatic heterocycles. The molecule has 0 aromatic carbocycles. The average Bonchev–Trinajstić information content (AvgIpc) is 2.02. The van der Waals surface area contributed by atoms with Crippen LogP contribution in [0.1, 0.15) is 20.3 Å². The van der Waals surface area contributed by atoms with Crippen LogP contribution in [-0.2, 0) is 4.79 Å². The fourth-order valence-electron chi connectivity index (χ4n) is 0.588. The van der Waals surface area contributed by atoms with E-state index >= 15 is 0 Å². The number of hydrogen-bond donors (Lipinski definition) is 3. The lowest BCUT2D eigenvalue weighted by atomic mass is 10.1. The lowest BCUT2D eigenvalue weighted by molar-refractivity contribution is -0.140. The van der Waals surface area contributed by atoms with Gasteiger partial charge in [0.2, 0.25) is 0 Å². The normalized spacial score (nSPS) is 15.2. The molecule has 0 aromatic heterocycles. The largest absolute Gasteiger partial charge is 0.479 e. The van der Waals surface area contributed by atoms with E-state index in [9.17, 15) is 4.79 Å². The summed E-state index contributed by atoms with van der Waals surface area (Å²) in [6, 6.07) is 0. The van der Waals surface area contributed by atoms with Crippen molar-refractivity contribution >= 4 is 11.8 Å². The van der Waals surface area contributed by atoms with E-state index in [0.717, 1.165) is 0 Å². The van der Waals surface area contributed by atoms with Crippen LogP contribution in [0.3, 0.4) is 0 Å². The van der Waals surface area contributed by atoms with E-state index in [1.165, 1.54) is 6.92 Å². The van der Waals surface area contributed by atoms with Crippen LogP contribution in [0.4, 0.5) is 0 Å². The minimum atomic E-state index is -1.48. The van der Waals surface area contributed by atoms with Crippen LogP contribution < -0.4 is 11.5 Å². The standard InChI is InChI=1S/C9H15N3O2/c1-7(10)12-6-4-3-5-9(2,11)8(13)14/h4,6,11H2,1-2H3,(H2,10,12)(H,13,14). The molecule has 0 aliphatic carbocycles. The third-order valence-electron chi connectivity index (χ3n) is 1.39. The molecule has 0 aliphatic rings. The smallest absolute Gasteiger partial charge is 0.335 e. The number of aliphatic imine (C=N–C) groups is 1. The Morgan fingerprint density at radius 2 is 2.21 bits per heavy atom. The van der Waals surface area contributed by atoms with Gasteiger partial charge in [0, 0.05) is 6.42 Å². The molecule has 0 bridgehead atoms. The first-order valence-corrected chi connectivity index (χ1v) is 4.15. The maximum absolute atomic E-state index is 10.5. The summed E-state index contributed by atoms with van der Waals surface area (Å²) in [5.74, 6) is 4.45. The number of nitrogens with zero attached hydrogens (tertiary/aromatic N) is 1. The van der Waals surface area contributed by atoms with Gasteiger partial charge in [-0.2, -0.15) is 0 Å². The predicted octanol–water partition coefficient (Wildman–Crippen LogP) is -0.441. The van der Waals surface area contributed by atoms with Gasteiger partial charge in [-0.05, 0) is 13.8 Å². The molecule has 0 saturated heterocycles. The molecule has 0 spiro atoms. The molecular weight excluding hydrogens is 182 g/mol. The minimum absolute atomic E-state index is 0.453. The Hall–Kier alpha value is -1.54. The predicted molar refractivity (Wildman–Crippen MR) is 54.8 cm³/mol. The Labute approximate surface area is 83.2 Å². The fraction of sp³-hybridized carbons (Fsp3) is 0.556. The zero-order valence-electron chi connectivity index (χ0n) is 8.37. The van der Waals surface area contributed by atoms with Gasteiger partial charge in [-0.15, -0.1) is 0 Å². The first kappa shape index (κ1) is 12.5. The SMILES string of the molecule is CC(N)=NCCC#CC(C)(N)C(=O)O. The zero-order chi connectivity index (χ0) is 11.2. The maximum atomic E-state index is 10.5. The molecule has 1 atom stereocenters. The van der Waals surface area contributed by atoms with E-state index in [1.807, 2.05) is 0 Å².